The van der Waals surface area contributed by atoms with E-state index in [0.29, 0.717) is 52.4 Å². The quantitative estimate of drug-likeness (QED) is 0.799. The van der Waals surface area contributed by atoms with Gasteiger partial charge in [0.2, 0.25) is 11.8 Å². The van der Waals surface area contributed by atoms with Crippen molar-refractivity contribution in [2.24, 2.45) is 0 Å². The SMILES string of the molecule is Cc1ccccc1CC(=O)N1CCN(C(=O)CN2CCOCC2)CC1. The summed E-state index contributed by atoms with van der Waals surface area (Å²) in [6.07, 6.45) is 0.439. The predicted molar refractivity (Wildman–Crippen MR) is 95.3 cm³/mol. The molecule has 6 nitrogen and oxygen atoms in total. The average Bonchev–Trinajstić information content (AvgIpc) is 2.64. The standard InChI is InChI=1S/C19H27N3O3/c1-16-4-2-3-5-17(16)14-18(23)21-6-8-22(9-7-21)19(24)15-20-10-12-25-13-11-20/h2-5H,6-15H2,1H3. The molecule has 6 heteroatoms. The van der Waals surface area contributed by atoms with Crippen LogP contribution < -0.4 is 0 Å². The maximum atomic E-state index is 12.5. The lowest BCUT2D eigenvalue weighted by molar-refractivity contribution is -0.140. The van der Waals surface area contributed by atoms with Crippen molar-refractivity contribution >= 4 is 11.8 Å². The Morgan fingerprint density at radius 2 is 1.52 bits per heavy atom. The molecule has 0 atom stereocenters. The molecule has 0 spiro atoms. The van der Waals surface area contributed by atoms with Crippen LogP contribution in [0.4, 0.5) is 0 Å². The highest BCUT2D eigenvalue weighted by Crippen LogP contribution is 2.11. The molecule has 1 aromatic rings. The van der Waals surface area contributed by atoms with E-state index >= 15 is 0 Å². The van der Waals surface area contributed by atoms with Crippen LogP contribution >= 0.6 is 0 Å². The minimum absolute atomic E-state index is 0.148. The van der Waals surface area contributed by atoms with Crippen LogP contribution in [0.2, 0.25) is 0 Å². The number of hydrogen-bond donors (Lipinski definition) is 0. The van der Waals surface area contributed by atoms with E-state index in [-0.39, 0.29) is 11.8 Å². The number of piperazine rings is 1. The zero-order valence-electron chi connectivity index (χ0n) is 14.9. The molecule has 0 N–H and O–H groups in total. The van der Waals surface area contributed by atoms with Crippen molar-refractivity contribution in [3.63, 3.8) is 0 Å². The summed E-state index contributed by atoms with van der Waals surface area (Å²) in [5.41, 5.74) is 2.23. The largest absolute Gasteiger partial charge is 0.379 e. The number of amides is 2. The first kappa shape index (κ1) is 17.9. The topological polar surface area (TPSA) is 53.1 Å². The molecule has 2 saturated heterocycles. The van der Waals surface area contributed by atoms with Gasteiger partial charge in [0.25, 0.3) is 0 Å². The van der Waals surface area contributed by atoms with E-state index in [1.54, 1.807) is 0 Å². The van der Waals surface area contributed by atoms with Crippen LogP contribution in [0.5, 0.6) is 0 Å². The van der Waals surface area contributed by atoms with Crippen LogP contribution in [0, 0.1) is 6.92 Å². The molecular weight excluding hydrogens is 318 g/mol. The molecule has 2 aliphatic heterocycles. The van der Waals surface area contributed by atoms with E-state index in [1.165, 1.54) is 0 Å². The number of ether oxygens (including phenoxy) is 1. The third kappa shape index (κ3) is 4.80. The minimum Gasteiger partial charge on any atom is -0.379 e. The number of carbonyl (C=O) groups excluding carboxylic acids is 2. The van der Waals surface area contributed by atoms with Gasteiger partial charge in [0.1, 0.15) is 0 Å². The summed E-state index contributed by atoms with van der Waals surface area (Å²) in [5.74, 6) is 0.308. The molecule has 0 unspecified atom stereocenters. The van der Waals surface area contributed by atoms with Crippen LogP contribution in [0.15, 0.2) is 24.3 Å². The molecule has 25 heavy (non-hydrogen) atoms. The van der Waals surface area contributed by atoms with Crippen molar-refractivity contribution in [2.75, 3.05) is 59.0 Å². The van der Waals surface area contributed by atoms with Gasteiger partial charge in [-0.05, 0) is 18.1 Å². The summed E-state index contributed by atoms with van der Waals surface area (Å²) < 4.78 is 5.31. The van der Waals surface area contributed by atoms with Gasteiger partial charge in [0, 0.05) is 39.3 Å². The van der Waals surface area contributed by atoms with Gasteiger partial charge >= 0.3 is 0 Å². The van der Waals surface area contributed by atoms with Gasteiger partial charge in [-0.15, -0.1) is 0 Å². The second kappa shape index (κ2) is 8.45. The van der Waals surface area contributed by atoms with E-state index < -0.39 is 0 Å². The summed E-state index contributed by atoms with van der Waals surface area (Å²) in [6, 6.07) is 8.00. The molecule has 136 valence electrons. The Kier molecular flexibility index (Phi) is 6.04. The molecule has 2 amide bonds. The number of benzene rings is 1. The smallest absolute Gasteiger partial charge is 0.236 e. The Bertz CT molecular complexity index is 606. The number of rotatable bonds is 4. The zero-order chi connectivity index (χ0) is 17.6. The van der Waals surface area contributed by atoms with E-state index in [2.05, 4.69) is 4.90 Å². The highest BCUT2D eigenvalue weighted by molar-refractivity contribution is 5.81. The minimum atomic E-state index is 0.148. The Balaban J connectivity index is 1.45. The maximum absolute atomic E-state index is 12.5. The second-order valence-corrected chi connectivity index (χ2v) is 6.75. The molecule has 1 aromatic carbocycles. The van der Waals surface area contributed by atoms with Crippen LogP contribution in [0.25, 0.3) is 0 Å². The number of carbonyl (C=O) groups is 2. The zero-order valence-corrected chi connectivity index (χ0v) is 14.9. The van der Waals surface area contributed by atoms with Crippen molar-refractivity contribution in [1.29, 1.82) is 0 Å². The van der Waals surface area contributed by atoms with Crippen molar-refractivity contribution in [1.82, 2.24) is 14.7 Å². The lowest BCUT2D eigenvalue weighted by Gasteiger charge is -2.36. The molecule has 0 aromatic heterocycles. The number of aryl methyl sites for hydroxylation is 1. The monoisotopic (exact) mass is 345 g/mol. The van der Waals surface area contributed by atoms with E-state index in [9.17, 15) is 9.59 Å². The van der Waals surface area contributed by atoms with Gasteiger partial charge in [-0.1, -0.05) is 24.3 Å². The molecule has 2 fully saturated rings. The van der Waals surface area contributed by atoms with Crippen molar-refractivity contribution < 1.29 is 14.3 Å². The first-order valence-electron chi connectivity index (χ1n) is 9.03. The molecule has 3 rings (SSSR count). The summed E-state index contributed by atoms with van der Waals surface area (Å²) in [7, 11) is 0. The highest BCUT2D eigenvalue weighted by atomic mass is 16.5. The maximum Gasteiger partial charge on any atom is 0.236 e. The molecule has 0 radical (unpaired) electrons. The lowest BCUT2D eigenvalue weighted by Crippen LogP contribution is -2.53. The Labute approximate surface area is 149 Å². The summed E-state index contributed by atoms with van der Waals surface area (Å²) >= 11 is 0. The fraction of sp³-hybridized carbons (Fsp3) is 0.579. The molecular formula is C19H27N3O3. The summed E-state index contributed by atoms with van der Waals surface area (Å²) in [5, 5.41) is 0. The number of nitrogens with zero attached hydrogens (tertiary/aromatic N) is 3. The van der Waals surface area contributed by atoms with Gasteiger partial charge in [-0.25, -0.2) is 0 Å². The third-order valence-electron chi connectivity index (χ3n) is 5.05. The van der Waals surface area contributed by atoms with E-state index in [4.69, 9.17) is 4.74 Å². The summed E-state index contributed by atoms with van der Waals surface area (Å²) in [6.45, 7) is 8.04. The Hall–Kier alpha value is -1.92. The molecule has 0 bridgehead atoms. The number of hydrogen-bond acceptors (Lipinski definition) is 4. The Morgan fingerprint density at radius 1 is 0.920 bits per heavy atom. The van der Waals surface area contributed by atoms with Crippen molar-refractivity contribution in [3.8, 4) is 0 Å². The van der Waals surface area contributed by atoms with Crippen molar-refractivity contribution in [3.05, 3.63) is 35.4 Å². The normalized spacial score (nSPS) is 19.1. The van der Waals surface area contributed by atoms with Gasteiger partial charge in [0.05, 0.1) is 26.2 Å². The van der Waals surface area contributed by atoms with E-state index in [0.717, 1.165) is 24.2 Å². The molecule has 2 aliphatic rings. The summed E-state index contributed by atoms with van der Waals surface area (Å²) in [4.78, 5) is 30.8. The first-order valence-corrected chi connectivity index (χ1v) is 9.03. The van der Waals surface area contributed by atoms with Crippen LogP contribution in [-0.2, 0) is 20.7 Å². The van der Waals surface area contributed by atoms with Crippen LogP contribution in [0.3, 0.4) is 0 Å². The first-order chi connectivity index (χ1) is 12.1. The van der Waals surface area contributed by atoms with Gasteiger partial charge in [-0.2, -0.15) is 0 Å². The number of morpholine rings is 1. The van der Waals surface area contributed by atoms with Crippen LogP contribution in [0.1, 0.15) is 11.1 Å². The third-order valence-corrected chi connectivity index (χ3v) is 5.05. The van der Waals surface area contributed by atoms with Crippen molar-refractivity contribution in [2.45, 2.75) is 13.3 Å². The highest BCUT2D eigenvalue weighted by Gasteiger charge is 2.25. The van der Waals surface area contributed by atoms with Crippen LogP contribution in [-0.4, -0.2) is 85.5 Å². The van der Waals surface area contributed by atoms with Gasteiger partial charge in [-0.3, -0.25) is 14.5 Å². The Morgan fingerprint density at radius 3 is 2.16 bits per heavy atom. The van der Waals surface area contributed by atoms with Gasteiger partial charge < -0.3 is 14.5 Å². The predicted octanol–water partition coefficient (Wildman–Crippen LogP) is 0.541. The second-order valence-electron chi connectivity index (χ2n) is 6.75. The molecule has 2 heterocycles. The van der Waals surface area contributed by atoms with Gasteiger partial charge in [0.15, 0.2) is 0 Å². The fourth-order valence-electron chi connectivity index (χ4n) is 3.34. The fourth-order valence-corrected chi connectivity index (χ4v) is 3.34. The lowest BCUT2D eigenvalue weighted by atomic mass is 10.1. The molecule has 0 aliphatic carbocycles. The van der Waals surface area contributed by atoms with E-state index in [1.807, 2.05) is 41.0 Å². The average molecular weight is 345 g/mol. The molecule has 0 saturated carbocycles.